The number of nitrogens with zero attached hydrogens (tertiary/aromatic N) is 1. The first-order valence-electron chi connectivity index (χ1n) is 8.53. The molecule has 1 saturated heterocycles. The maximum atomic E-state index is 11.8. The molecule has 0 aromatic rings. The Kier molecular flexibility index (Phi) is 7.84. The van der Waals surface area contributed by atoms with Gasteiger partial charge in [-0.2, -0.15) is 0 Å². The maximum absolute atomic E-state index is 11.8. The molecule has 1 saturated carbocycles. The van der Waals surface area contributed by atoms with Crippen molar-refractivity contribution < 1.29 is 19.1 Å². The summed E-state index contributed by atoms with van der Waals surface area (Å²) in [4.78, 5) is 36.9. The zero-order valence-electron chi connectivity index (χ0n) is 14.2. The van der Waals surface area contributed by atoms with Gasteiger partial charge in [-0.05, 0) is 18.8 Å². The second-order valence-electron chi connectivity index (χ2n) is 6.28. The van der Waals surface area contributed by atoms with Crippen molar-refractivity contribution in [2.24, 2.45) is 5.92 Å². The second-order valence-corrected chi connectivity index (χ2v) is 7.27. The first kappa shape index (κ1) is 19.1. The van der Waals surface area contributed by atoms with Crippen LogP contribution in [0.1, 0.15) is 25.7 Å². The van der Waals surface area contributed by atoms with E-state index in [4.69, 9.17) is 4.74 Å². The Morgan fingerprint density at radius 2 is 1.92 bits per heavy atom. The molecule has 1 heterocycles. The van der Waals surface area contributed by atoms with Crippen LogP contribution in [0.2, 0.25) is 0 Å². The van der Waals surface area contributed by atoms with Gasteiger partial charge in [-0.1, -0.05) is 6.42 Å². The zero-order valence-corrected chi connectivity index (χ0v) is 15.0. The van der Waals surface area contributed by atoms with Gasteiger partial charge in [0.25, 0.3) is 5.91 Å². The Morgan fingerprint density at radius 1 is 1.21 bits per heavy atom. The van der Waals surface area contributed by atoms with E-state index >= 15 is 0 Å². The number of carbonyl (C=O) groups excluding carboxylic acids is 3. The molecule has 8 heteroatoms. The molecule has 136 valence electrons. The average molecular weight is 357 g/mol. The van der Waals surface area contributed by atoms with Crippen molar-refractivity contribution in [3.8, 4) is 0 Å². The number of thioether (sulfide) groups is 1. The highest BCUT2D eigenvalue weighted by Crippen LogP contribution is 2.25. The van der Waals surface area contributed by atoms with Crippen molar-refractivity contribution in [2.75, 3.05) is 44.8 Å². The summed E-state index contributed by atoms with van der Waals surface area (Å²) in [5.74, 6) is 1.08. The third-order valence-corrected chi connectivity index (χ3v) is 5.45. The average Bonchev–Trinajstić information content (AvgIpc) is 2.86. The number of amides is 3. The van der Waals surface area contributed by atoms with Crippen molar-refractivity contribution in [3.05, 3.63) is 0 Å². The van der Waals surface area contributed by atoms with Crippen LogP contribution in [-0.4, -0.2) is 73.5 Å². The van der Waals surface area contributed by atoms with Gasteiger partial charge in [0.15, 0.2) is 0 Å². The van der Waals surface area contributed by atoms with E-state index in [-0.39, 0.29) is 29.6 Å². The summed E-state index contributed by atoms with van der Waals surface area (Å²) in [7, 11) is 1.54. The summed E-state index contributed by atoms with van der Waals surface area (Å²) in [6.45, 7) is 2.35. The van der Waals surface area contributed by atoms with E-state index in [9.17, 15) is 14.4 Å². The molecule has 3 amide bonds. The summed E-state index contributed by atoms with van der Waals surface area (Å²) in [5, 5.41) is 5.68. The number of carbonyl (C=O) groups is 3. The van der Waals surface area contributed by atoms with Crippen LogP contribution in [-0.2, 0) is 19.1 Å². The number of likely N-dealkylation sites (tertiary alicyclic amines) is 1. The minimum Gasteiger partial charge on any atom is -0.372 e. The van der Waals surface area contributed by atoms with Gasteiger partial charge in [-0.15, -0.1) is 11.8 Å². The molecule has 0 aromatic heterocycles. The standard InChI is InChI=1S/C16H27N3O4S/c1-23-13-5-7-19(16(13)22)8-6-17-14(20)10-24-11-15(21)18-9-12-3-2-4-12/h12-13H,2-11H2,1H3,(H,17,20)(H,18,21)/t13-/m1/s1. The fourth-order valence-electron chi connectivity index (χ4n) is 2.77. The molecule has 2 aliphatic rings. The van der Waals surface area contributed by atoms with Crippen LogP contribution >= 0.6 is 11.8 Å². The lowest BCUT2D eigenvalue weighted by atomic mass is 9.85. The minimum atomic E-state index is -0.338. The molecule has 0 unspecified atom stereocenters. The molecule has 2 fully saturated rings. The summed E-state index contributed by atoms with van der Waals surface area (Å²) in [6.07, 6.45) is 4.05. The molecule has 24 heavy (non-hydrogen) atoms. The number of ether oxygens (including phenoxy) is 1. The van der Waals surface area contributed by atoms with Crippen molar-refractivity contribution >= 4 is 29.5 Å². The maximum Gasteiger partial charge on any atom is 0.251 e. The van der Waals surface area contributed by atoms with E-state index in [0.29, 0.717) is 37.7 Å². The molecule has 7 nitrogen and oxygen atoms in total. The van der Waals surface area contributed by atoms with Gasteiger partial charge in [-0.3, -0.25) is 14.4 Å². The number of hydrogen-bond acceptors (Lipinski definition) is 5. The van der Waals surface area contributed by atoms with Crippen LogP contribution in [0.5, 0.6) is 0 Å². The molecule has 1 aliphatic carbocycles. The third kappa shape index (κ3) is 5.98. The van der Waals surface area contributed by atoms with Gasteiger partial charge < -0.3 is 20.3 Å². The van der Waals surface area contributed by atoms with E-state index < -0.39 is 0 Å². The predicted molar refractivity (Wildman–Crippen MR) is 92.7 cm³/mol. The SMILES string of the molecule is CO[C@@H]1CCN(CCNC(=O)CSCC(=O)NCC2CCC2)C1=O. The van der Waals surface area contributed by atoms with Crippen LogP contribution in [0.3, 0.4) is 0 Å². The molecule has 0 radical (unpaired) electrons. The topological polar surface area (TPSA) is 87.7 Å². The highest BCUT2D eigenvalue weighted by atomic mass is 32.2. The number of rotatable bonds is 10. The second kappa shape index (κ2) is 9.88. The molecule has 1 atom stereocenters. The van der Waals surface area contributed by atoms with E-state index in [1.165, 1.54) is 38.1 Å². The molecule has 1 aliphatic heterocycles. The van der Waals surface area contributed by atoms with Crippen molar-refractivity contribution in [1.82, 2.24) is 15.5 Å². The van der Waals surface area contributed by atoms with Gasteiger partial charge in [0.2, 0.25) is 11.8 Å². The molecule has 2 rings (SSSR count). The van der Waals surface area contributed by atoms with Gasteiger partial charge >= 0.3 is 0 Å². The van der Waals surface area contributed by atoms with E-state index in [0.717, 1.165) is 6.54 Å². The van der Waals surface area contributed by atoms with Gasteiger partial charge in [0, 0.05) is 39.7 Å². The van der Waals surface area contributed by atoms with E-state index in [2.05, 4.69) is 10.6 Å². The fraction of sp³-hybridized carbons (Fsp3) is 0.812. The Bertz CT molecular complexity index is 457. The monoisotopic (exact) mass is 357 g/mol. The first-order chi connectivity index (χ1) is 11.6. The Labute approximate surface area is 147 Å². The Hall–Kier alpha value is -1.28. The van der Waals surface area contributed by atoms with Crippen LogP contribution < -0.4 is 10.6 Å². The van der Waals surface area contributed by atoms with Gasteiger partial charge in [0.05, 0.1) is 11.5 Å². The summed E-state index contributed by atoms with van der Waals surface area (Å²) < 4.78 is 5.08. The Morgan fingerprint density at radius 3 is 2.50 bits per heavy atom. The normalized spacial score (nSPS) is 20.8. The van der Waals surface area contributed by atoms with Crippen LogP contribution in [0.25, 0.3) is 0 Å². The zero-order chi connectivity index (χ0) is 17.4. The Balaban J connectivity index is 1.47. The molecular weight excluding hydrogens is 330 g/mol. The van der Waals surface area contributed by atoms with E-state index in [1.54, 1.807) is 4.90 Å². The van der Waals surface area contributed by atoms with Crippen molar-refractivity contribution in [1.29, 1.82) is 0 Å². The molecule has 0 spiro atoms. The van der Waals surface area contributed by atoms with Crippen LogP contribution in [0.4, 0.5) is 0 Å². The molecule has 2 N–H and O–H groups in total. The predicted octanol–water partition coefficient (Wildman–Crippen LogP) is -0.000600. The lowest BCUT2D eigenvalue weighted by molar-refractivity contribution is -0.136. The highest BCUT2D eigenvalue weighted by molar-refractivity contribution is 8.00. The van der Waals surface area contributed by atoms with Crippen molar-refractivity contribution in [3.63, 3.8) is 0 Å². The number of nitrogens with one attached hydrogen (secondary N) is 2. The lowest BCUT2D eigenvalue weighted by Crippen LogP contribution is -2.38. The van der Waals surface area contributed by atoms with Gasteiger partial charge in [0.1, 0.15) is 6.10 Å². The summed E-state index contributed by atoms with van der Waals surface area (Å²) in [6, 6.07) is 0. The van der Waals surface area contributed by atoms with Crippen LogP contribution in [0.15, 0.2) is 0 Å². The molecule has 0 aromatic carbocycles. The quantitative estimate of drug-likeness (QED) is 0.575. The number of methoxy groups -OCH3 is 1. The molecule has 0 bridgehead atoms. The fourth-order valence-corrected chi connectivity index (χ4v) is 3.45. The van der Waals surface area contributed by atoms with Gasteiger partial charge in [-0.25, -0.2) is 0 Å². The summed E-state index contributed by atoms with van der Waals surface area (Å²) >= 11 is 1.31. The lowest BCUT2D eigenvalue weighted by Gasteiger charge is -2.25. The van der Waals surface area contributed by atoms with Crippen LogP contribution in [0, 0.1) is 5.92 Å². The minimum absolute atomic E-state index is 0.00651. The third-order valence-electron chi connectivity index (χ3n) is 4.52. The van der Waals surface area contributed by atoms with E-state index in [1.807, 2.05) is 0 Å². The van der Waals surface area contributed by atoms with Crippen molar-refractivity contribution in [2.45, 2.75) is 31.8 Å². The molecular formula is C16H27N3O4S. The largest absolute Gasteiger partial charge is 0.372 e. The first-order valence-corrected chi connectivity index (χ1v) is 9.68. The summed E-state index contributed by atoms with van der Waals surface area (Å²) in [5.41, 5.74) is 0. The smallest absolute Gasteiger partial charge is 0.251 e. The highest BCUT2D eigenvalue weighted by Gasteiger charge is 2.30. The number of hydrogen-bond donors (Lipinski definition) is 2.